The van der Waals surface area contributed by atoms with Crippen LogP contribution in [-0.4, -0.2) is 37.3 Å². The van der Waals surface area contributed by atoms with Crippen molar-refractivity contribution in [3.63, 3.8) is 0 Å². The second-order valence-corrected chi connectivity index (χ2v) is 6.59. The number of halogens is 1. The van der Waals surface area contributed by atoms with Crippen LogP contribution < -0.4 is 15.5 Å². The average Bonchev–Trinajstić information content (AvgIpc) is 3.15. The highest BCUT2D eigenvalue weighted by Crippen LogP contribution is 2.22. The number of carbonyl (C=O) groups is 1. The van der Waals surface area contributed by atoms with Gasteiger partial charge in [0.15, 0.2) is 0 Å². The lowest BCUT2D eigenvalue weighted by Gasteiger charge is -2.19. The number of nitrogens with one attached hydrogen (secondary N) is 2. The summed E-state index contributed by atoms with van der Waals surface area (Å²) in [6.45, 7) is 2.59. The van der Waals surface area contributed by atoms with Gasteiger partial charge in [-0.1, -0.05) is 30.3 Å². The summed E-state index contributed by atoms with van der Waals surface area (Å²) in [4.78, 5) is 14.3. The van der Waals surface area contributed by atoms with Crippen LogP contribution in [0.4, 0.5) is 14.9 Å². The van der Waals surface area contributed by atoms with E-state index in [0.29, 0.717) is 18.0 Å². The molecule has 2 unspecified atom stereocenters. The Bertz CT molecular complexity index is 709. The zero-order chi connectivity index (χ0) is 18.4. The first-order chi connectivity index (χ1) is 12.6. The van der Waals surface area contributed by atoms with Crippen LogP contribution in [0, 0.1) is 11.7 Å². The minimum atomic E-state index is -0.860. The van der Waals surface area contributed by atoms with Crippen molar-refractivity contribution < 1.29 is 14.3 Å². The number of aliphatic hydroxyl groups is 1. The summed E-state index contributed by atoms with van der Waals surface area (Å²) in [6, 6.07) is 15.6. The van der Waals surface area contributed by atoms with Crippen molar-refractivity contribution in [2.45, 2.75) is 12.5 Å². The number of amides is 2. The molecule has 0 bridgehead atoms. The molecule has 1 heterocycles. The first-order valence-corrected chi connectivity index (χ1v) is 8.87. The largest absolute Gasteiger partial charge is 0.387 e. The van der Waals surface area contributed by atoms with E-state index in [1.165, 1.54) is 30.0 Å². The topological polar surface area (TPSA) is 64.6 Å². The zero-order valence-electron chi connectivity index (χ0n) is 14.6. The van der Waals surface area contributed by atoms with Crippen molar-refractivity contribution in [3.05, 3.63) is 66.0 Å². The van der Waals surface area contributed by atoms with Crippen LogP contribution in [0.5, 0.6) is 0 Å². The van der Waals surface area contributed by atoms with Crippen LogP contribution in [0.2, 0.25) is 0 Å². The number of aliphatic hydroxyl groups excluding tert-OH is 1. The molecule has 2 atom stereocenters. The molecule has 1 aliphatic rings. The summed E-state index contributed by atoms with van der Waals surface area (Å²) in [7, 11) is 0. The molecule has 2 aromatic rings. The van der Waals surface area contributed by atoms with Gasteiger partial charge in [0, 0.05) is 31.9 Å². The maximum absolute atomic E-state index is 12.9. The zero-order valence-corrected chi connectivity index (χ0v) is 14.6. The van der Waals surface area contributed by atoms with Gasteiger partial charge in [-0.2, -0.15) is 0 Å². The Morgan fingerprint density at radius 1 is 1.15 bits per heavy atom. The molecule has 6 heteroatoms. The average molecular weight is 357 g/mol. The van der Waals surface area contributed by atoms with Crippen LogP contribution in [0.1, 0.15) is 18.1 Å². The van der Waals surface area contributed by atoms with E-state index in [1.807, 2.05) is 18.2 Å². The molecule has 0 radical (unpaired) electrons. The van der Waals surface area contributed by atoms with Gasteiger partial charge in [-0.25, -0.2) is 9.18 Å². The third kappa shape index (κ3) is 4.95. The minimum Gasteiger partial charge on any atom is -0.387 e. The second kappa shape index (κ2) is 8.67. The smallest absolute Gasteiger partial charge is 0.314 e. The predicted molar refractivity (Wildman–Crippen MR) is 99.5 cm³/mol. The molecule has 1 saturated heterocycles. The summed E-state index contributed by atoms with van der Waals surface area (Å²) in [5.74, 6) is 0.0516. The van der Waals surface area contributed by atoms with Crippen LogP contribution in [-0.2, 0) is 0 Å². The van der Waals surface area contributed by atoms with Crippen LogP contribution in [0.3, 0.4) is 0 Å². The molecule has 5 nitrogen and oxygen atoms in total. The second-order valence-electron chi connectivity index (χ2n) is 6.59. The third-order valence-corrected chi connectivity index (χ3v) is 4.67. The van der Waals surface area contributed by atoms with E-state index in [2.05, 4.69) is 27.7 Å². The number of para-hydroxylation sites is 1. The van der Waals surface area contributed by atoms with Crippen molar-refractivity contribution in [1.29, 1.82) is 0 Å². The van der Waals surface area contributed by atoms with Crippen molar-refractivity contribution >= 4 is 11.7 Å². The minimum absolute atomic E-state index is 0.0816. The maximum atomic E-state index is 12.9. The number of hydrogen-bond donors (Lipinski definition) is 3. The molecule has 138 valence electrons. The predicted octanol–water partition coefficient (Wildman–Crippen LogP) is 2.68. The Balaban J connectivity index is 1.37. The fourth-order valence-corrected chi connectivity index (χ4v) is 3.16. The van der Waals surface area contributed by atoms with Gasteiger partial charge in [0.05, 0.1) is 6.10 Å². The molecule has 0 saturated carbocycles. The molecule has 3 N–H and O–H groups in total. The van der Waals surface area contributed by atoms with Crippen molar-refractivity contribution in [1.82, 2.24) is 10.6 Å². The fraction of sp³-hybridized carbons (Fsp3) is 0.350. The van der Waals surface area contributed by atoms with Crippen molar-refractivity contribution in [2.24, 2.45) is 5.92 Å². The highest BCUT2D eigenvalue weighted by molar-refractivity contribution is 5.73. The van der Waals surface area contributed by atoms with Crippen LogP contribution in [0.25, 0.3) is 0 Å². The normalized spacial score (nSPS) is 17.8. The van der Waals surface area contributed by atoms with Gasteiger partial charge in [-0.15, -0.1) is 0 Å². The maximum Gasteiger partial charge on any atom is 0.314 e. The highest BCUT2D eigenvalue weighted by Gasteiger charge is 2.23. The summed E-state index contributed by atoms with van der Waals surface area (Å²) in [6.07, 6.45) is 0.175. The Labute approximate surface area is 152 Å². The van der Waals surface area contributed by atoms with E-state index < -0.39 is 6.10 Å². The van der Waals surface area contributed by atoms with Gasteiger partial charge in [-0.05, 0) is 42.2 Å². The number of urea groups is 1. The van der Waals surface area contributed by atoms with Gasteiger partial charge >= 0.3 is 6.03 Å². The van der Waals surface area contributed by atoms with Crippen molar-refractivity contribution in [2.75, 3.05) is 31.1 Å². The molecule has 2 aromatic carbocycles. The summed E-state index contributed by atoms with van der Waals surface area (Å²) in [5.41, 5.74) is 1.78. The molecule has 2 amide bonds. The molecule has 1 aliphatic heterocycles. The van der Waals surface area contributed by atoms with E-state index in [4.69, 9.17) is 0 Å². The van der Waals surface area contributed by atoms with Crippen LogP contribution >= 0.6 is 0 Å². The van der Waals surface area contributed by atoms with Crippen molar-refractivity contribution in [3.8, 4) is 0 Å². The molecule has 0 aliphatic carbocycles. The molecule has 3 rings (SSSR count). The van der Waals surface area contributed by atoms with E-state index in [1.54, 1.807) is 0 Å². The quantitative estimate of drug-likeness (QED) is 0.745. The molecule has 0 aromatic heterocycles. The Kier molecular flexibility index (Phi) is 6.07. The van der Waals surface area contributed by atoms with Gasteiger partial charge in [-0.3, -0.25) is 0 Å². The van der Waals surface area contributed by atoms with E-state index in [0.717, 1.165) is 19.5 Å². The van der Waals surface area contributed by atoms with Gasteiger partial charge in [0.25, 0.3) is 0 Å². The monoisotopic (exact) mass is 357 g/mol. The Morgan fingerprint density at radius 3 is 2.62 bits per heavy atom. The number of carbonyl (C=O) groups excluding carboxylic acids is 1. The molecular weight excluding hydrogens is 333 g/mol. The Hall–Kier alpha value is -2.60. The number of hydrogen-bond acceptors (Lipinski definition) is 3. The first-order valence-electron chi connectivity index (χ1n) is 8.87. The molecule has 0 spiro atoms. The first kappa shape index (κ1) is 18.2. The summed E-state index contributed by atoms with van der Waals surface area (Å²) < 4.78 is 12.9. The lowest BCUT2D eigenvalue weighted by Crippen LogP contribution is -2.40. The highest BCUT2D eigenvalue weighted by atomic mass is 19.1. The third-order valence-electron chi connectivity index (χ3n) is 4.67. The number of rotatable bonds is 6. The molecular formula is C20H24FN3O2. The van der Waals surface area contributed by atoms with Crippen LogP contribution in [0.15, 0.2) is 54.6 Å². The Morgan fingerprint density at radius 2 is 1.88 bits per heavy atom. The number of anilines is 1. The molecule has 26 heavy (non-hydrogen) atoms. The SMILES string of the molecule is O=C(NCC1CCN(c2ccccc2)C1)NCC(O)c1ccc(F)cc1. The van der Waals surface area contributed by atoms with E-state index >= 15 is 0 Å². The van der Waals surface area contributed by atoms with E-state index in [-0.39, 0.29) is 18.4 Å². The standard InChI is InChI=1S/C20H24FN3O2/c21-17-8-6-16(7-9-17)19(25)13-23-20(26)22-12-15-10-11-24(14-15)18-4-2-1-3-5-18/h1-9,15,19,25H,10-14H2,(H2,22,23,26). The van der Waals surface area contributed by atoms with Gasteiger partial charge in [0.2, 0.25) is 0 Å². The summed E-state index contributed by atoms with van der Waals surface area (Å²) >= 11 is 0. The summed E-state index contributed by atoms with van der Waals surface area (Å²) in [5, 5.41) is 15.5. The lowest BCUT2D eigenvalue weighted by molar-refractivity contribution is 0.173. The van der Waals surface area contributed by atoms with Gasteiger partial charge in [0.1, 0.15) is 5.82 Å². The lowest BCUT2D eigenvalue weighted by atomic mass is 10.1. The van der Waals surface area contributed by atoms with E-state index in [9.17, 15) is 14.3 Å². The number of benzene rings is 2. The fourth-order valence-electron chi connectivity index (χ4n) is 3.16. The molecule has 1 fully saturated rings. The number of nitrogens with zero attached hydrogens (tertiary/aromatic N) is 1. The van der Waals surface area contributed by atoms with Gasteiger partial charge < -0.3 is 20.6 Å².